The number of rotatable bonds is 2. The fourth-order valence-corrected chi connectivity index (χ4v) is 3.92. The predicted molar refractivity (Wildman–Crippen MR) is 57.4 cm³/mol. The van der Waals surface area contributed by atoms with E-state index in [0.29, 0.717) is 24.6 Å². The molecule has 0 amide bonds. The number of nitrogens with two attached hydrogens (primary N) is 1. The zero-order chi connectivity index (χ0) is 12.0. The summed E-state index contributed by atoms with van der Waals surface area (Å²) in [6.45, 7) is 1.66. The van der Waals surface area contributed by atoms with Crippen LogP contribution >= 0.6 is 0 Å². The van der Waals surface area contributed by atoms with Crippen molar-refractivity contribution in [2.75, 3.05) is 6.26 Å². The van der Waals surface area contributed by atoms with Gasteiger partial charge < -0.3 is 10.3 Å². The third kappa shape index (κ3) is 1.73. The lowest BCUT2D eigenvalue weighted by Gasteiger charge is -2.26. The minimum absolute atomic E-state index is 0.304. The summed E-state index contributed by atoms with van der Waals surface area (Å²) in [4.78, 5) is 4.06. The minimum atomic E-state index is -3.20. The van der Waals surface area contributed by atoms with Crippen molar-refractivity contribution >= 4 is 9.84 Å². The van der Waals surface area contributed by atoms with Crippen LogP contribution in [0.5, 0.6) is 0 Å². The summed E-state index contributed by atoms with van der Waals surface area (Å²) in [6, 6.07) is 0. The van der Waals surface area contributed by atoms with E-state index in [0.717, 1.165) is 6.42 Å². The van der Waals surface area contributed by atoms with E-state index in [1.165, 1.54) is 6.26 Å². The molecule has 1 aromatic rings. The van der Waals surface area contributed by atoms with Crippen LogP contribution in [0.25, 0.3) is 0 Å². The van der Waals surface area contributed by atoms with Gasteiger partial charge in [-0.1, -0.05) is 5.16 Å². The molecule has 1 aliphatic carbocycles. The number of sulfone groups is 1. The number of aryl methyl sites for hydroxylation is 1. The molecule has 1 aliphatic rings. The molecule has 90 valence electrons. The van der Waals surface area contributed by atoms with E-state index < -0.39 is 20.6 Å². The Bertz CT molecular complexity index is 496. The fourth-order valence-electron chi connectivity index (χ4n) is 2.34. The molecule has 6 nitrogen and oxygen atoms in total. The van der Waals surface area contributed by atoms with Crippen molar-refractivity contribution in [3.8, 4) is 0 Å². The van der Waals surface area contributed by atoms with Gasteiger partial charge in [0.15, 0.2) is 15.7 Å². The molecule has 0 bridgehead atoms. The van der Waals surface area contributed by atoms with Crippen LogP contribution in [0.15, 0.2) is 4.52 Å². The summed E-state index contributed by atoms with van der Waals surface area (Å²) < 4.78 is 28.2. The molecular formula is C9H15N3O3S. The van der Waals surface area contributed by atoms with Gasteiger partial charge in [0.05, 0.1) is 10.8 Å². The van der Waals surface area contributed by atoms with Crippen LogP contribution in [-0.2, 0) is 15.4 Å². The topological polar surface area (TPSA) is 99.1 Å². The maximum absolute atomic E-state index is 11.7. The average Bonchev–Trinajstić information content (AvgIpc) is 2.71. The molecule has 7 heteroatoms. The molecule has 1 aromatic heterocycles. The maximum atomic E-state index is 11.7. The van der Waals surface area contributed by atoms with Gasteiger partial charge >= 0.3 is 0 Å². The van der Waals surface area contributed by atoms with Crippen LogP contribution < -0.4 is 5.73 Å². The quantitative estimate of drug-likeness (QED) is 0.795. The van der Waals surface area contributed by atoms with Gasteiger partial charge in [0, 0.05) is 13.2 Å². The SMILES string of the molecule is Cc1nc(C2(N)CCCC2S(C)(=O)=O)no1. The van der Waals surface area contributed by atoms with Gasteiger partial charge in [-0.05, 0) is 19.3 Å². The molecule has 2 N–H and O–H groups in total. The Balaban J connectivity index is 2.44. The monoisotopic (exact) mass is 245 g/mol. The van der Waals surface area contributed by atoms with Gasteiger partial charge in [0.1, 0.15) is 0 Å². The van der Waals surface area contributed by atoms with Crippen LogP contribution in [0.4, 0.5) is 0 Å². The van der Waals surface area contributed by atoms with Crippen molar-refractivity contribution in [1.82, 2.24) is 10.1 Å². The third-order valence-corrected chi connectivity index (χ3v) is 4.78. The molecule has 0 aliphatic heterocycles. The Morgan fingerprint density at radius 1 is 1.56 bits per heavy atom. The van der Waals surface area contributed by atoms with Crippen LogP contribution in [0.1, 0.15) is 31.0 Å². The Morgan fingerprint density at radius 2 is 2.25 bits per heavy atom. The third-order valence-electron chi connectivity index (χ3n) is 3.09. The second kappa shape index (κ2) is 3.53. The van der Waals surface area contributed by atoms with Gasteiger partial charge in [-0.25, -0.2) is 8.42 Å². The van der Waals surface area contributed by atoms with Gasteiger partial charge in [-0.15, -0.1) is 0 Å². The Kier molecular flexibility index (Phi) is 2.54. The molecule has 1 saturated carbocycles. The van der Waals surface area contributed by atoms with Crippen LogP contribution in [0, 0.1) is 6.92 Å². The predicted octanol–water partition coefficient (Wildman–Crippen LogP) is 0.129. The average molecular weight is 245 g/mol. The molecule has 1 heterocycles. The normalized spacial score (nSPS) is 30.8. The number of aromatic nitrogens is 2. The molecule has 0 radical (unpaired) electrons. The zero-order valence-electron chi connectivity index (χ0n) is 9.30. The minimum Gasteiger partial charge on any atom is -0.340 e. The van der Waals surface area contributed by atoms with Crippen molar-refractivity contribution in [2.24, 2.45) is 5.73 Å². The second-order valence-electron chi connectivity index (χ2n) is 4.39. The van der Waals surface area contributed by atoms with E-state index in [1.54, 1.807) is 6.92 Å². The summed E-state index contributed by atoms with van der Waals surface area (Å²) in [5.41, 5.74) is 5.17. The van der Waals surface area contributed by atoms with E-state index in [-0.39, 0.29) is 0 Å². The fraction of sp³-hybridized carbons (Fsp3) is 0.778. The van der Waals surface area contributed by atoms with E-state index in [9.17, 15) is 8.42 Å². The molecule has 2 rings (SSSR count). The summed E-state index contributed by atoms with van der Waals surface area (Å²) in [6.07, 6.45) is 3.10. The van der Waals surface area contributed by atoms with E-state index >= 15 is 0 Å². The highest BCUT2D eigenvalue weighted by Gasteiger charge is 2.49. The van der Waals surface area contributed by atoms with Gasteiger partial charge in [0.2, 0.25) is 5.89 Å². The summed E-state index contributed by atoms with van der Waals surface area (Å²) in [5.74, 6) is 0.705. The van der Waals surface area contributed by atoms with Gasteiger partial charge in [0.25, 0.3) is 0 Å². The Hall–Kier alpha value is -0.950. The first-order chi connectivity index (χ1) is 7.34. The summed E-state index contributed by atoms with van der Waals surface area (Å²) >= 11 is 0. The molecular weight excluding hydrogens is 230 g/mol. The highest BCUT2D eigenvalue weighted by molar-refractivity contribution is 7.91. The molecule has 0 saturated heterocycles. The van der Waals surface area contributed by atoms with Crippen molar-refractivity contribution in [2.45, 2.75) is 37.0 Å². The lowest BCUT2D eigenvalue weighted by atomic mass is 9.98. The first kappa shape index (κ1) is 11.5. The Morgan fingerprint density at radius 3 is 2.75 bits per heavy atom. The highest BCUT2D eigenvalue weighted by Crippen LogP contribution is 2.39. The van der Waals surface area contributed by atoms with Crippen molar-refractivity contribution in [3.63, 3.8) is 0 Å². The van der Waals surface area contributed by atoms with Gasteiger partial charge in [-0.3, -0.25) is 0 Å². The second-order valence-corrected chi connectivity index (χ2v) is 6.62. The largest absolute Gasteiger partial charge is 0.340 e. The summed E-state index contributed by atoms with van der Waals surface area (Å²) in [5, 5.41) is 3.14. The molecule has 16 heavy (non-hydrogen) atoms. The molecule has 1 fully saturated rings. The number of nitrogens with zero attached hydrogens (tertiary/aromatic N) is 2. The lowest BCUT2D eigenvalue weighted by molar-refractivity contribution is 0.356. The van der Waals surface area contributed by atoms with Crippen molar-refractivity contribution < 1.29 is 12.9 Å². The van der Waals surface area contributed by atoms with Gasteiger partial charge in [-0.2, -0.15) is 4.98 Å². The van der Waals surface area contributed by atoms with E-state index in [2.05, 4.69) is 10.1 Å². The number of hydrogen-bond donors (Lipinski definition) is 1. The van der Waals surface area contributed by atoms with Crippen LogP contribution in [-0.4, -0.2) is 30.1 Å². The van der Waals surface area contributed by atoms with Crippen LogP contribution in [0.3, 0.4) is 0 Å². The zero-order valence-corrected chi connectivity index (χ0v) is 10.1. The molecule has 2 unspecified atom stereocenters. The van der Waals surface area contributed by atoms with Crippen molar-refractivity contribution in [3.05, 3.63) is 11.7 Å². The summed E-state index contributed by atoms with van der Waals surface area (Å²) in [7, 11) is -3.20. The lowest BCUT2D eigenvalue weighted by Crippen LogP contribution is -2.48. The molecule has 0 aromatic carbocycles. The van der Waals surface area contributed by atoms with Crippen molar-refractivity contribution in [1.29, 1.82) is 0 Å². The van der Waals surface area contributed by atoms with E-state index in [1.807, 2.05) is 0 Å². The van der Waals surface area contributed by atoms with E-state index in [4.69, 9.17) is 10.3 Å². The standard InChI is InChI=1S/C9H15N3O3S/c1-6-11-8(12-15-6)9(10)5-3-4-7(9)16(2,13)14/h7H,3-5,10H2,1-2H3. The highest BCUT2D eigenvalue weighted by atomic mass is 32.2. The molecule has 2 atom stereocenters. The maximum Gasteiger partial charge on any atom is 0.223 e. The number of hydrogen-bond acceptors (Lipinski definition) is 6. The smallest absolute Gasteiger partial charge is 0.223 e. The van der Waals surface area contributed by atoms with Crippen LogP contribution in [0.2, 0.25) is 0 Å². The first-order valence-electron chi connectivity index (χ1n) is 5.12. The first-order valence-corrected chi connectivity index (χ1v) is 7.08. The molecule has 0 spiro atoms. The Labute approximate surface area is 94.1 Å².